The monoisotopic (exact) mass is 490 g/mol. The van der Waals surface area contributed by atoms with Gasteiger partial charge in [0.2, 0.25) is 5.13 Å². The van der Waals surface area contributed by atoms with Crippen molar-refractivity contribution in [3.05, 3.63) is 70.9 Å². The van der Waals surface area contributed by atoms with Crippen molar-refractivity contribution < 1.29 is 26.0 Å². The highest BCUT2D eigenvalue weighted by Gasteiger charge is 2.30. The summed E-state index contributed by atoms with van der Waals surface area (Å²) in [6.45, 7) is 0.0226. The number of hydrogen-bond acceptors (Lipinski definition) is 5. The van der Waals surface area contributed by atoms with Crippen LogP contribution in [0.4, 0.5) is 22.7 Å². The molecule has 1 N–H and O–H groups in total. The number of nitrogens with one attached hydrogen (secondary N) is 1. The molecule has 0 radical (unpaired) electrons. The summed E-state index contributed by atoms with van der Waals surface area (Å²) in [5, 5.41) is 0.302. The van der Waals surface area contributed by atoms with Crippen LogP contribution in [0.25, 0.3) is 10.9 Å². The number of nitrogens with zero attached hydrogens (tertiary/aromatic N) is 3. The molecule has 0 amide bonds. The molecule has 0 aliphatic heterocycles. The van der Waals surface area contributed by atoms with E-state index in [4.69, 9.17) is 11.6 Å². The van der Waals surface area contributed by atoms with Crippen LogP contribution in [0, 0.1) is 5.82 Å². The largest absolute Gasteiger partial charge is 0.416 e. The van der Waals surface area contributed by atoms with Gasteiger partial charge in [0.15, 0.2) is 0 Å². The second-order valence-electron chi connectivity index (χ2n) is 6.44. The molecule has 0 spiro atoms. The van der Waals surface area contributed by atoms with Crippen molar-refractivity contribution in [2.75, 3.05) is 4.72 Å². The van der Waals surface area contributed by atoms with Crippen LogP contribution in [0.3, 0.4) is 0 Å². The standard InChI is InChI=1S/C18H11ClF4N4O2S2/c19-13-7-16(31(28,29)26-17-24-9-25-30-17)14(20)6-11(13)8-27-4-3-10-5-12(18(21,22)23)1-2-15(10)27/h1-7,9H,8H2,(H,24,25,26). The van der Waals surface area contributed by atoms with Gasteiger partial charge < -0.3 is 4.57 Å². The Morgan fingerprint density at radius 2 is 1.94 bits per heavy atom. The smallest absolute Gasteiger partial charge is 0.343 e. The first-order valence-electron chi connectivity index (χ1n) is 8.48. The van der Waals surface area contributed by atoms with Crippen LogP contribution in [0.5, 0.6) is 0 Å². The molecule has 13 heteroatoms. The Bertz CT molecular complexity index is 1370. The fourth-order valence-electron chi connectivity index (χ4n) is 2.98. The third-order valence-corrected chi connectivity index (χ3v) is 6.83. The Morgan fingerprint density at radius 3 is 2.61 bits per heavy atom. The fourth-order valence-corrected chi connectivity index (χ4v) is 5.02. The third kappa shape index (κ3) is 4.36. The van der Waals surface area contributed by atoms with Crippen LogP contribution in [-0.2, 0) is 22.7 Å². The molecule has 31 heavy (non-hydrogen) atoms. The number of fused-ring (bicyclic) bond motifs is 1. The van der Waals surface area contributed by atoms with E-state index in [1.807, 2.05) is 0 Å². The predicted octanol–water partition coefficient (Wildman–Crippen LogP) is 5.15. The summed E-state index contributed by atoms with van der Waals surface area (Å²) in [7, 11) is -4.28. The summed E-state index contributed by atoms with van der Waals surface area (Å²) in [6, 6.07) is 6.74. The highest BCUT2D eigenvalue weighted by molar-refractivity contribution is 7.93. The molecule has 0 saturated carbocycles. The zero-order chi connectivity index (χ0) is 22.4. The second kappa shape index (κ2) is 7.77. The first kappa shape index (κ1) is 21.5. The van der Waals surface area contributed by atoms with E-state index in [0.29, 0.717) is 10.9 Å². The third-order valence-electron chi connectivity index (χ3n) is 4.41. The molecule has 0 atom stereocenters. The van der Waals surface area contributed by atoms with Gasteiger partial charge in [0, 0.05) is 40.2 Å². The number of benzene rings is 2. The number of halogens is 5. The minimum Gasteiger partial charge on any atom is -0.343 e. The van der Waals surface area contributed by atoms with Crippen LogP contribution in [0.2, 0.25) is 5.02 Å². The normalized spacial score (nSPS) is 12.4. The molecule has 2 aromatic heterocycles. The Balaban J connectivity index is 1.65. The molecule has 4 rings (SSSR count). The molecular formula is C18H11ClF4N4O2S2. The van der Waals surface area contributed by atoms with E-state index in [2.05, 4.69) is 14.1 Å². The first-order chi connectivity index (χ1) is 14.5. The maximum atomic E-state index is 14.6. The van der Waals surface area contributed by atoms with Gasteiger partial charge in [-0.15, -0.1) is 0 Å². The zero-order valence-electron chi connectivity index (χ0n) is 15.2. The molecule has 4 aromatic rings. The van der Waals surface area contributed by atoms with Crippen LogP contribution >= 0.6 is 23.1 Å². The minimum absolute atomic E-state index is 0.0206. The van der Waals surface area contributed by atoms with Crippen molar-refractivity contribution in [3.63, 3.8) is 0 Å². The molecule has 0 unspecified atom stereocenters. The maximum Gasteiger partial charge on any atom is 0.416 e. The SMILES string of the molecule is O=S(=O)(Nc1ncns1)c1cc(Cl)c(Cn2ccc3cc(C(F)(F)F)ccc32)cc1F. The van der Waals surface area contributed by atoms with Gasteiger partial charge in [-0.3, -0.25) is 4.72 Å². The lowest BCUT2D eigenvalue weighted by atomic mass is 10.1. The Kier molecular flexibility index (Phi) is 5.40. The van der Waals surface area contributed by atoms with Crippen LogP contribution in [0.15, 0.2) is 53.8 Å². The quantitative estimate of drug-likeness (QED) is 0.392. The minimum atomic E-state index is -4.47. The van der Waals surface area contributed by atoms with Crippen molar-refractivity contribution in [3.8, 4) is 0 Å². The molecule has 0 aliphatic rings. The number of rotatable bonds is 5. The van der Waals surface area contributed by atoms with Crippen molar-refractivity contribution >= 4 is 49.2 Å². The van der Waals surface area contributed by atoms with Gasteiger partial charge in [-0.1, -0.05) is 11.6 Å². The number of hydrogen-bond donors (Lipinski definition) is 1. The van der Waals surface area contributed by atoms with E-state index in [1.54, 1.807) is 10.8 Å². The summed E-state index contributed by atoms with van der Waals surface area (Å²) in [4.78, 5) is 3.02. The summed E-state index contributed by atoms with van der Waals surface area (Å²) < 4.78 is 85.5. The van der Waals surface area contributed by atoms with Crippen molar-refractivity contribution in [2.24, 2.45) is 0 Å². The molecular weight excluding hydrogens is 480 g/mol. The van der Waals surface area contributed by atoms with E-state index in [-0.39, 0.29) is 22.3 Å². The topological polar surface area (TPSA) is 76.9 Å². The van der Waals surface area contributed by atoms with Gasteiger partial charge in [-0.2, -0.15) is 17.5 Å². The van der Waals surface area contributed by atoms with Crippen LogP contribution in [-0.4, -0.2) is 22.3 Å². The van der Waals surface area contributed by atoms with E-state index >= 15 is 0 Å². The lowest BCUT2D eigenvalue weighted by Gasteiger charge is -2.12. The molecule has 0 saturated heterocycles. The average Bonchev–Trinajstić information content (AvgIpc) is 3.33. The van der Waals surface area contributed by atoms with Crippen molar-refractivity contribution in [1.82, 2.24) is 13.9 Å². The lowest BCUT2D eigenvalue weighted by molar-refractivity contribution is -0.137. The highest BCUT2D eigenvalue weighted by atomic mass is 35.5. The molecule has 0 aliphatic carbocycles. The van der Waals surface area contributed by atoms with Gasteiger partial charge >= 0.3 is 6.18 Å². The molecule has 162 valence electrons. The Hall–Kier alpha value is -2.70. The average molecular weight is 491 g/mol. The fraction of sp³-hybridized carbons (Fsp3) is 0.111. The van der Waals surface area contributed by atoms with E-state index in [9.17, 15) is 26.0 Å². The lowest BCUT2D eigenvalue weighted by Crippen LogP contribution is -2.15. The van der Waals surface area contributed by atoms with E-state index < -0.39 is 32.5 Å². The van der Waals surface area contributed by atoms with Gasteiger partial charge in [-0.05, 0) is 42.0 Å². The summed E-state index contributed by atoms with van der Waals surface area (Å²) in [5.41, 5.74) is -0.0372. The highest BCUT2D eigenvalue weighted by Crippen LogP contribution is 2.32. The van der Waals surface area contributed by atoms with Crippen LogP contribution in [0.1, 0.15) is 11.1 Å². The predicted molar refractivity (Wildman–Crippen MR) is 108 cm³/mol. The molecule has 6 nitrogen and oxygen atoms in total. The molecule has 2 heterocycles. The van der Waals surface area contributed by atoms with Crippen molar-refractivity contribution in [1.29, 1.82) is 0 Å². The van der Waals surface area contributed by atoms with Crippen LogP contribution < -0.4 is 4.72 Å². The van der Waals surface area contributed by atoms with Gasteiger partial charge in [0.1, 0.15) is 17.0 Å². The van der Waals surface area contributed by atoms with Gasteiger partial charge in [0.05, 0.1) is 5.56 Å². The number of aromatic nitrogens is 3. The Morgan fingerprint density at radius 1 is 1.16 bits per heavy atom. The first-order valence-corrected chi connectivity index (χ1v) is 11.1. The number of anilines is 1. The number of sulfonamides is 1. The van der Waals surface area contributed by atoms with Crippen molar-refractivity contribution in [2.45, 2.75) is 17.6 Å². The number of alkyl halides is 3. The molecule has 2 aromatic carbocycles. The zero-order valence-corrected chi connectivity index (χ0v) is 17.6. The summed E-state index contributed by atoms with van der Waals surface area (Å²) in [5.74, 6) is -1.03. The second-order valence-corrected chi connectivity index (χ2v) is 9.28. The van der Waals surface area contributed by atoms with Gasteiger partial charge in [0.25, 0.3) is 10.0 Å². The summed E-state index contributed by atoms with van der Waals surface area (Å²) >= 11 is 6.98. The molecule has 0 bridgehead atoms. The van der Waals surface area contributed by atoms with Gasteiger partial charge in [-0.25, -0.2) is 17.8 Å². The maximum absolute atomic E-state index is 14.6. The van der Waals surface area contributed by atoms with E-state index in [0.717, 1.165) is 42.1 Å². The Labute approximate surface area is 182 Å². The summed E-state index contributed by atoms with van der Waals surface area (Å²) in [6.07, 6.45) is -1.78. The molecule has 0 fully saturated rings. The van der Waals surface area contributed by atoms with E-state index in [1.165, 1.54) is 12.1 Å².